The van der Waals surface area contributed by atoms with Gasteiger partial charge in [0.15, 0.2) is 0 Å². The van der Waals surface area contributed by atoms with Crippen LogP contribution in [0.5, 0.6) is 0 Å². The van der Waals surface area contributed by atoms with Gasteiger partial charge < -0.3 is 19.6 Å². The number of aromatic nitrogens is 1. The lowest BCUT2D eigenvalue weighted by Crippen LogP contribution is -2.44. The van der Waals surface area contributed by atoms with Crippen molar-refractivity contribution < 1.29 is 14.0 Å². The van der Waals surface area contributed by atoms with Crippen molar-refractivity contribution >= 4 is 23.0 Å². The molecule has 2 aromatic rings. The predicted octanol–water partition coefficient (Wildman–Crippen LogP) is 5.64. The van der Waals surface area contributed by atoms with Crippen LogP contribution in [0.4, 0.5) is 4.39 Å². The van der Waals surface area contributed by atoms with Crippen LogP contribution < -0.4 is 5.32 Å². The SMILES string of the molecule is CON=Cc1c(CNC(C)=O)n(C2CCN(C3CCC(C(C)(C)C)CC3)CC2)c2ccc(F)cc12. The van der Waals surface area contributed by atoms with Gasteiger partial charge in [-0.2, -0.15) is 0 Å². The molecule has 2 aliphatic rings. The topological polar surface area (TPSA) is 58.9 Å². The van der Waals surface area contributed by atoms with Crippen molar-refractivity contribution in [2.75, 3.05) is 20.2 Å². The van der Waals surface area contributed by atoms with Crippen LogP contribution in [-0.4, -0.2) is 47.8 Å². The first-order valence-corrected chi connectivity index (χ1v) is 13.1. The van der Waals surface area contributed by atoms with Gasteiger partial charge in [-0.15, -0.1) is 0 Å². The van der Waals surface area contributed by atoms with Gasteiger partial charge in [-0.1, -0.05) is 25.9 Å². The van der Waals surface area contributed by atoms with Crippen molar-refractivity contribution in [3.05, 3.63) is 35.3 Å². The number of fused-ring (bicyclic) bond motifs is 1. The maximum atomic E-state index is 14.2. The van der Waals surface area contributed by atoms with E-state index in [1.807, 2.05) is 6.07 Å². The summed E-state index contributed by atoms with van der Waals surface area (Å²) in [5, 5.41) is 7.73. The van der Waals surface area contributed by atoms with Gasteiger partial charge >= 0.3 is 0 Å². The Labute approximate surface area is 208 Å². The van der Waals surface area contributed by atoms with Crippen LogP contribution in [0.25, 0.3) is 10.9 Å². The first-order chi connectivity index (χ1) is 16.7. The van der Waals surface area contributed by atoms with E-state index in [0.29, 0.717) is 24.0 Å². The van der Waals surface area contributed by atoms with Gasteiger partial charge in [0.25, 0.3) is 0 Å². The summed E-state index contributed by atoms with van der Waals surface area (Å²) in [6, 6.07) is 5.91. The number of likely N-dealkylation sites (tertiary alicyclic amines) is 1. The Balaban J connectivity index is 1.56. The van der Waals surface area contributed by atoms with Crippen LogP contribution in [0.1, 0.15) is 83.5 Å². The van der Waals surface area contributed by atoms with E-state index < -0.39 is 0 Å². The third-order valence-electron chi connectivity index (χ3n) is 8.20. The van der Waals surface area contributed by atoms with Crippen LogP contribution in [0.15, 0.2) is 23.4 Å². The predicted molar refractivity (Wildman–Crippen MR) is 139 cm³/mol. The molecule has 0 spiro atoms. The molecule has 0 unspecified atom stereocenters. The Morgan fingerprint density at radius 3 is 2.43 bits per heavy atom. The van der Waals surface area contributed by atoms with E-state index in [2.05, 4.69) is 40.7 Å². The zero-order valence-corrected chi connectivity index (χ0v) is 21.9. The lowest BCUT2D eigenvalue weighted by atomic mass is 9.71. The summed E-state index contributed by atoms with van der Waals surface area (Å²) in [6.07, 6.45) is 8.95. The highest BCUT2D eigenvalue weighted by Gasteiger charge is 2.34. The standard InChI is InChI=1S/C28H41FN4O2/c1-19(34)30-18-27-25(17-31-35-5)24-16-21(29)8-11-26(24)33(27)23-12-14-32(15-13-23)22-9-6-20(7-10-22)28(2,3)4/h8,11,16-17,20,22-23H,6-7,9-10,12-15,18H2,1-5H3,(H,30,34). The summed E-state index contributed by atoms with van der Waals surface area (Å²) < 4.78 is 16.5. The number of rotatable bonds is 6. The van der Waals surface area contributed by atoms with Gasteiger partial charge in [-0.25, -0.2) is 4.39 Å². The second kappa shape index (κ2) is 10.7. The summed E-state index contributed by atoms with van der Waals surface area (Å²) in [5.41, 5.74) is 3.14. The molecular weight excluding hydrogens is 443 g/mol. The first kappa shape index (κ1) is 25.7. The van der Waals surface area contributed by atoms with Crippen molar-refractivity contribution in [3.8, 4) is 0 Å². The summed E-state index contributed by atoms with van der Waals surface area (Å²) in [7, 11) is 1.49. The van der Waals surface area contributed by atoms with Crippen LogP contribution in [0.3, 0.4) is 0 Å². The quantitative estimate of drug-likeness (QED) is 0.426. The van der Waals surface area contributed by atoms with E-state index in [-0.39, 0.29) is 11.7 Å². The average molecular weight is 485 g/mol. The van der Waals surface area contributed by atoms with Crippen molar-refractivity contribution in [1.29, 1.82) is 0 Å². The largest absolute Gasteiger partial charge is 0.399 e. The number of hydrogen-bond donors (Lipinski definition) is 1. The van der Waals surface area contributed by atoms with Crippen LogP contribution in [0, 0.1) is 17.2 Å². The van der Waals surface area contributed by atoms with E-state index in [0.717, 1.165) is 54.0 Å². The average Bonchev–Trinajstić information content (AvgIpc) is 3.13. The van der Waals surface area contributed by atoms with E-state index >= 15 is 0 Å². The molecule has 0 atom stereocenters. The number of nitrogens with zero attached hydrogens (tertiary/aromatic N) is 3. The molecule has 1 aliphatic heterocycles. The molecule has 0 radical (unpaired) electrons. The molecule has 1 N–H and O–H groups in total. The third kappa shape index (κ3) is 5.71. The molecule has 2 heterocycles. The highest BCUT2D eigenvalue weighted by atomic mass is 19.1. The summed E-state index contributed by atoms with van der Waals surface area (Å²) in [5.74, 6) is 0.447. The maximum Gasteiger partial charge on any atom is 0.217 e. The number of hydrogen-bond acceptors (Lipinski definition) is 4. The zero-order valence-electron chi connectivity index (χ0n) is 21.9. The fraction of sp³-hybridized carbons (Fsp3) is 0.643. The lowest BCUT2D eigenvalue weighted by Gasteiger charge is -2.44. The molecule has 192 valence electrons. The molecule has 0 bridgehead atoms. The molecule has 1 saturated heterocycles. The number of carbonyl (C=O) groups is 1. The molecule has 1 saturated carbocycles. The fourth-order valence-corrected chi connectivity index (χ4v) is 6.24. The Morgan fingerprint density at radius 2 is 1.83 bits per heavy atom. The number of oxime groups is 1. The number of carbonyl (C=O) groups excluding carboxylic acids is 1. The van der Waals surface area contributed by atoms with E-state index in [1.165, 1.54) is 45.8 Å². The lowest BCUT2D eigenvalue weighted by molar-refractivity contribution is -0.119. The summed E-state index contributed by atoms with van der Waals surface area (Å²) >= 11 is 0. The minimum atomic E-state index is -0.284. The molecule has 1 aromatic carbocycles. The van der Waals surface area contributed by atoms with Crippen molar-refractivity contribution in [1.82, 2.24) is 14.8 Å². The Morgan fingerprint density at radius 1 is 1.14 bits per heavy atom. The molecule has 1 aromatic heterocycles. The molecule has 2 fully saturated rings. The van der Waals surface area contributed by atoms with Crippen LogP contribution >= 0.6 is 0 Å². The minimum absolute atomic E-state index is 0.0942. The monoisotopic (exact) mass is 484 g/mol. The van der Waals surface area contributed by atoms with Gasteiger partial charge in [0.05, 0.1) is 12.8 Å². The van der Waals surface area contributed by atoms with Crippen LogP contribution in [0.2, 0.25) is 0 Å². The second-order valence-electron chi connectivity index (χ2n) is 11.4. The highest BCUT2D eigenvalue weighted by molar-refractivity contribution is 6.01. The maximum absolute atomic E-state index is 14.2. The third-order valence-corrected chi connectivity index (χ3v) is 8.20. The molecule has 6 nitrogen and oxygen atoms in total. The summed E-state index contributed by atoms with van der Waals surface area (Å²) in [4.78, 5) is 19.4. The molecule has 7 heteroatoms. The molecule has 1 amide bonds. The van der Waals surface area contributed by atoms with Gasteiger partial charge in [0.2, 0.25) is 5.91 Å². The van der Waals surface area contributed by atoms with E-state index in [9.17, 15) is 9.18 Å². The van der Waals surface area contributed by atoms with Crippen molar-refractivity contribution in [2.24, 2.45) is 16.5 Å². The number of amides is 1. The number of piperidine rings is 1. The van der Waals surface area contributed by atoms with Crippen LogP contribution in [-0.2, 0) is 16.2 Å². The summed E-state index contributed by atoms with van der Waals surface area (Å²) in [6.45, 7) is 11.1. The Kier molecular flexibility index (Phi) is 7.84. The zero-order chi connectivity index (χ0) is 25.2. The second-order valence-corrected chi connectivity index (χ2v) is 11.4. The Hall–Kier alpha value is -2.41. The van der Waals surface area contributed by atoms with E-state index in [1.54, 1.807) is 12.3 Å². The van der Waals surface area contributed by atoms with Crippen molar-refractivity contribution in [3.63, 3.8) is 0 Å². The number of halogens is 1. The van der Waals surface area contributed by atoms with Crippen molar-refractivity contribution in [2.45, 2.75) is 84.8 Å². The molecular formula is C28H41FN4O2. The Bertz CT molecular complexity index is 1060. The number of nitrogens with one attached hydrogen (secondary N) is 1. The minimum Gasteiger partial charge on any atom is -0.399 e. The first-order valence-electron chi connectivity index (χ1n) is 13.1. The molecule has 1 aliphatic carbocycles. The van der Waals surface area contributed by atoms with Gasteiger partial charge in [-0.05, 0) is 68.1 Å². The fourth-order valence-electron chi connectivity index (χ4n) is 6.24. The highest BCUT2D eigenvalue weighted by Crippen LogP contribution is 2.40. The normalized spacial score (nSPS) is 22.7. The van der Waals surface area contributed by atoms with Gasteiger partial charge in [-0.3, -0.25) is 4.79 Å². The van der Waals surface area contributed by atoms with E-state index in [4.69, 9.17) is 4.84 Å². The van der Waals surface area contributed by atoms with Gasteiger partial charge in [0, 0.05) is 54.3 Å². The molecule has 4 rings (SSSR count). The molecule has 35 heavy (non-hydrogen) atoms. The van der Waals surface area contributed by atoms with Gasteiger partial charge in [0.1, 0.15) is 12.9 Å². The smallest absolute Gasteiger partial charge is 0.217 e. The number of benzene rings is 1.